The molecule has 0 spiro atoms. The molecule has 2 heterocycles. The lowest BCUT2D eigenvalue weighted by molar-refractivity contribution is 0.117. The minimum atomic E-state index is -0.181. The van der Waals surface area contributed by atoms with Crippen molar-refractivity contribution in [2.75, 3.05) is 24.5 Å². The topological polar surface area (TPSA) is 77.5 Å². The van der Waals surface area contributed by atoms with Gasteiger partial charge in [0.05, 0.1) is 6.10 Å². The molecule has 3 rings (SSSR count). The van der Waals surface area contributed by atoms with Gasteiger partial charge in [-0.2, -0.15) is 0 Å². The molecule has 138 valence electrons. The summed E-state index contributed by atoms with van der Waals surface area (Å²) in [6.07, 6.45) is 10.2. The summed E-state index contributed by atoms with van der Waals surface area (Å²) >= 11 is 0. The standard InChI is InChI=1S/C19H30N4O2/c24-18-3-1-16(2-4-18)22-19(25)21-12-5-15-8-13-23(14-9-15)17-6-10-20-11-7-17/h6-7,10-11,15-16,18,24H,1-5,8-9,12-14H2,(H2,21,22,25). The van der Waals surface area contributed by atoms with Gasteiger partial charge in [0.2, 0.25) is 0 Å². The number of hydrogen-bond acceptors (Lipinski definition) is 4. The first kappa shape index (κ1) is 18.0. The summed E-state index contributed by atoms with van der Waals surface area (Å²) in [7, 11) is 0. The Balaban J connectivity index is 1.29. The van der Waals surface area contributed by atoms with Crippen molar-refractivity contribution in [3.8, 4) is 0 Å². The number of amides is 2. The number of urea groups is 1. The highest BCUT2D eigenvalue weighted by molar-refractivity contribution is 5.74. The number of carbonyl (C=O) groups excluding carboxylic acids is 1. The van der Waals surface area contributed by atoms with Gasteiger partial charge in [0.15, 0.2) is 0 Å². The molecule has 1 saturated heterocycles. The van der Waals surface area contributed by atoms with Crippen LogP contribution in [-0.2, 0) is 0 Å². The lowest BCUT2D eigenvalue weighted by Gasteiger charge is -2.33. The molecule has 1 aliphatic carbocycles. The van der Waals surface area contributed by atoms with Crippen LogP contribution >= 0.6 is 0 Å². The van der Waals surface area contributed by atoms with Crippen molar-refractivity contribution >= 4 is 11.7 Å². The van der Waals surface area contributed by atoms with E-state index in [2.05, 4.69) is 32.7 Å². The smallest absolute Gasteiger partial charge is 0.315 e. The normalized spacial score (nSPS) is 24.8. The second-order valence-corrected chi connectivity index (χ2v) is 7.33. The molecule has 2 amide bonds. The lowest BCUT2D eigenvalue weighted by atomic mass is 9.93. The van der Waals surface area contributed by atoms with Crippen molar-refractivity contribution in [3.05, 3.63) is 24.5 Å². The number of anilines is 1. The Labute approximate surface area is 150 Å². The molecule has 1 saturated carbocycles. The van der Waals surface area contributed by atoms with Crippen molar-refractivity contribution in [2.24, 2.45) is 5.92 Å². The van der Waals surface area contributed by atoms with Crippen LogP contribution in [0.5, 0.6) is 0 Å². The monoisotopic (exact) mass is 346 g/mol. The summed E-state index contributed by atoms with van der Waals surface area (Å²) in [6.45, 7) is 2.89. The molecule has 1 aromatic heterocycles. The zero-order valence-corrected chi connectivity index (χ0v) is 14.9. The molecule has 0 aromatic carbocycles. The summed E-state index contributed by atoms with van der Waals surface area (Å²) in [5.41, 5.74) is 1.25. The Hall–Kier alpha value is -1.82. The number of rotatable bonds is 5. The summed E-state index contributed by atoms with van der Waals surface area (Å²) in [5.74, 6) is 0.684. The third-order valence-electron chi connectivity index (χ3n) is 5.51. The molecule has 2 aliphatic rings. The van der Waals surface area contributed by atoms with Crippen LogP contribution in [0.2, 0.25) is 0 Å². The van der Waals surface area contributed by atoms with Crippen LogP contribution in [0.3, 0.4) is 0 Å². The van der Waals surface area contributed by atoms with Gasteiger partial charge >= 0.3 is 6.03 Å². The Morgan fingerprint density at radius 3 is 2.48 bits per heavy atom. The van der Waals surface area contributed by atoms with Gasteiger partial charge in [-0.3, -0.25) is 4.98 Å². The predicted octanol–water partition coefficient (Wildman–Crippen LogP) is 2.29. The Morgan fingerprint density at radius 2 is 1.80 bits per heavy atom. The molecule has 0 bridgehead atoms. The average Bonchev–Trinajstić information content (AvgIpc) is 2.65. The Bertz CT molecular complexity index is 523. The number of aliphatic hydroxyl groups excluding tert-OH is 1. The maximum absolute atomic E-state index is 12.0. The highest BCUT2D eigenvalue weighted by Crippen LogP contribution is 2.24. The molecule has 6 heteroatoms. The van der Waals surface area contributed by atoms with Crippen LogP contribution in [-0.4, -0.2) is 47.9 Å². The molecule has 3 N–H and O–H groups in total. The highest BCUT2D eigenvalue weighted by atomic mass is 16.3. The molecule has 25 heavy (non-hydrogen) atoms. The van der Waals surface area contributed by atoms with Gasteiger partial charge in [0, 0.05) is 43.8 Å². The Morgan fingerprint density at radius 1 is 1.12 bits per heavy atom. The van der Waals surface area contributed by atoms with Gasteiger partial charge in [-0.1, -0.05) is 0 Å². The van der Waals surface area contributed by atoms with Crippen LogP contribution in [0.4, 0.5) is 10.5 Å². The minimum absolute atomic E-state index is 0.0596. The first-order chi connectivity index (χ1) is 12.2. The van der Waals surface area contributed by atoms with Crippen LogP contribution in [0.25, 0.3) is 0 Å². The van der Waals surface area contributed by atoms with Crippen molar-refractivity contribution in [3.63, 3.8) is 0 Å². The van der Waals surface area contributed by atoms with Crippen LogP contribution in [0.15, 0.2) is 24.5 Å². The first-order valence-electron chi connectivity index (χ1n) is 9.58. The van der Waals surface area contributed by atoms with Gasteiger partial charge in [-0.15, -0.1) is 0 Å². The molecule has 1 aliphatic heterocycles. The number of nitrogens with zero attached hydrogens (tertiary/aromatic N) is 2. The van der Waals surface area contributed by atoms with E-state index >= 15 is 0 Å². The van der Waals surface area contributed by atoms with Crippen molar-refractivity contribution in [1.82, 2.24) is 15.6 Å². The van der Waals surface area contributed by atoms with Gasteiger partial charge in [0.25, 0.3) is 0 Å². The van der Waals surface area contributed by atoms with E-state index in [1.54, 1.807) is 0 Å². The minimum Gasteiger partial charge on any atom is -0.393 e. The molecule has 0 unspecified atom stereocenters. The number of pyridine rings is 1. The predicted molar refractivity (Wildman–Crippen MR) is 98.6 cm³/mol. The van der Waals surface area contributed by atoms with Gasteiger partial charge in [-0.05, 0) is 63.0 Å². The SMILES string of the molecule is O=C(NCCC1CCN(c2ccncc2)CC1)NC1CCC(O)CC1. The van der Waals surface area contributed by atoms with Crippen molar-refractivity contribution in [1.29, 1.82) is 0 Å². The van der Waals surface area contributed by atoms with E-state index in [0.29, 0.717) is 5.92 Å². The molecule has 1 aromatic rings. The molecular weight excluding hydrogens is 316 g/mol. The fraction of sp³-hybridized carbons (Fsp3) is 0.684. The maximum Gasteiger partial charge on any atom is 0.315 e. The fourth-order valence-electron chi connectivity index (χ4n) is 3.88. The third-order valence-corrected chi connectivity index (χ3v) is 5.51. The molecule has 0 atom stereocenters. The van der Waals surface area contributed by atoms with Gasteiger partial charge in [0.1, 0.15) is 0 Å². The van der Waals surface area contributed by atoms with E-state index < -0.39 is 0 Å². The summed E-state index contributed by atoms with van der Waals surface area (Å²) in [4.78, 5) is 18.5. The summed E-state index contributed by atoms with van der Waals surface area (Å²) < 4.78 is 0. The zero-order valence-electron chi connectivity index (χ0n) is 14.9. The van der Waals surface area contributed by atoms with Gasteiger partial charge < -0.3 is 20.6 Å². The number of piperidine rings is 1. The first-order valence-corrected chi connectivity index (χ1v) is 9.58. The fourth-order valence-corrected chi connectivity index (χ4v) is 3.88. The molecule has 2 fully saturated rings. The number of nitrogens with one attached hydrogen (secondary N) is 2. The second kappa shape index (κ2) is 9.04. The highest BCUT2D eigenvalue weighted by Gasteiger charge is 2.21. The molecule has 6 nitrogen and oxygen atoms in total. The average molecular weight is 346 g/mol. The summed E-state index contributed by atoms with van der Waals surface area (Å²) in [6, 6.07) is 4.29. The number of hydrogen-bond donors (Lipinski definition) is 3. The van der Waals surface area contributed by atoms with Crippen molar-refractivity contribution in [2.45, 2.75) is 57.1 Å². The number of aromatic nitrogens is 1. The van der Waals surface area contributed by atoms with E-state index in [-0.39, 0.29) is 18.2 Å². The van der Waals surface area contributed by atoms with E-state index in [1.807, 2.05) is 12.4 Å². The second-order valence-electron chi connectivity index (χ2n) is 7.33. The van der Waals surface area contributed by atoms with E-state index in [0.717, 1.165) is 51.7 Å². The largest absolute Gasteiger partial charge is 0.393 e. The van der Waals surface area contributed by atoms with Gasteiger partial charge in [-0.25, -0.2) is 4.79 Å². The van der Waals surface area contributed by atoms with E-state index in [1.165, 1.54) is 18.5 Å². The maximum atomic E-state index is 12.0. The Kier molecular flexibility index (Phi) is 6.50. The van der Waals surface area contributed by atoms with E-state index in [4.69, 9.17) is 0 Å². The van der Waals surface area contributed by atoms with Crippen LogP contribution in [0, 0.1) is 5.92 Å². The zero-order chi connectivity index (χ0) is 17.5. The molecular formula is C19H30N4O2. The van der Waals surface area contributed by atoms with E-state index in [9.17, 15) is 9.90 Å². The molecule has 0 radical (unpaired) electrons. The van der Waals surface area contributed by atoms with Crippen LogP contribution in [0.1, 0.15) is 44.9 Å². The number of carbonyl (C=O) groups is 1. The quantitative estimate of drug-likeness (QED) is 0.764. The van der Waals surface area contributed by atoms with Crippen LogP contribution < -0.4 is 15.5 Å². The summed E-state index contributed by atoms with van der Waals surface area (Å²) in [5, 5.41) is 15.5. The third kappa shape index (κ3) is 5.59. The number of aliphatic hydroxyl groups is 1. The van der Waals surface area contributed by atoms with Crippen molar-refractivity contribution < 1.29 is 9.90 Å². The lowest BCUT2D eigenvalue weighted by Crippen LogP contribution is -2.44.